The molecule has 0 aliphatic carbocycles. The molecule has 0 saturated carbocycles. The molecule has 0 fully saturated rings. The zero-order chi connectivity index (χ0) is 18.5. The Morgan fingerprint density at radius 1 is 0.577 bits per heavy atom. The van der Waals surface area contributed by atoms with Crippen molar-refractivity contribution in [1.82, 2.24) is 15.0 Å². The Hall–Kier alpha value is -1.77. The summed E-state index contributed by atoms with van der Waals surface area (Å²) < 4.78 is 0. The fraction of sp³-hybridized carbons (Fsp3) is 0.609. The van der Waals surface area contributed by atoms with Gasteiger partial charge in [-0.05, 0) is 42.9 Å². The first-order valence-electron chi connectivity index (χ1n) is 10.6. The summed E-state index contributed by atoms with van der Waals surface area (Å²) in [6.07, 6.45) is 21.2. The van der Waals surface area contributed by atoms with Gasteiger partial charge in [-0.15, -0.1) is 0 Å². The number of aryl methyl sites for hydroxylation is 2. The fourth-order valence-electron chi connectivity index (χ4n) is 3.19. The van der Waals surface area contributed by atoms with Crippen molar-refractivity contribution in [3.05, 3.63) is 41.9 Å². The molecular formula is C23H35N3. The maximum Gasteiger partial charge on any atom is 0.178 e. The summed E-state index contributed by atoms with van der Waals surface area (Å²) in [6.45, 7) is 4.51. The molecule has 0 bridgehead atoms. The topological polar surface area (TPSA) is 38.7 Å². The van der Waals surface area contributed by atoms with Crippen molar-refractivity contribution in [3.8, 4) is 11.5 Å². The highest BCUT2D eigenvalue weighted by Crippen LogP contribution is 2.15. The van der Waals surface area contributed by atoms with Crippen molar-refractivity contribution in [2.75, 3.05) is 0 Å². The predicted molar refractivity (Wildman–Crippen MR) is 110 cm³/mol. The monoisotopic (exact) mass is 353 g/mol. The highest BCUT2D eigenvalue weighted by Gasteiger charge is 2.04. The molecule has 0 aliphatic rings. The molecule has 0 spiro atoms. The summed E-state index contributed by atoms with van der Waals surface area (Å²) in [6, 6.07) is 4.23. The van der Waals surface area contributed by atoms with E-state index in [9.17, 15) is 0 Å². The number of unbranched alkanes of at least 4 members (excludes halogenated alkanes) is 8. The average Bonchev–Trinajstić information content (AvgIpc) is 2.69. The molecule has 0 atom stereocenters. The van der Waals surface area contributed by atoms with Gasteiger partial charge < -0.3 is 0 Å². The molecule has 0 saturated heterocycles. The lowest BCUT2D eigenvalue weighted by atomic mass is 10.1. The standard InChI is InChI=1S/C23H35N3/c1-3-5-7-9-11-13-20-15-16-22(24-17-20)23-25-18-21(19-26-23)14-12-10-8-6-4-2/h15-19H,3-14H2,1-2H3. The Kier molecular flexibility index (Phi) is 9.92. The first-order chi connectivity index (χ1) is 12.8. The minimum absolute atomic E-state index is 0.731. The van der Waals surface area contributed by atoms with Crippen LogP contribution >= 0.6 is 0 Å². The van der Waals surface area contributed by atoms with Gasteiger partial charge in [0.05, 0.1) is 0 Å². The number of hydrogen-bond acceptors (Lipinski definition) is 3. The second-order valence-electron chi connectivity index (χ2n) is 7.30. The summed E-state index contributed by atoms with van der Waals surface area (Å²) in [4.78, 5) is 13.6. The van der Waals surface area contributed by atoms with Crippen molar-refractivity contribution in [2.24, 2.45) is 0 Å². The van der Waals surface area contributed by atoms with Crippen LogP contribution in [0.5, 0.6) is 0 Å². The summed E-state index contributed by atoms with van der Waals surface area (Å²) in [7, 11) is 0. The molecule has 3 heteroatoms. The van der Waals surface area contributed by atoms with E-state index < -0.39 is 0 Å². The van der Waals surface area contributed by atoms with Crippen LogP contribution in [-0.4, -0.2) is 15.0 Å². The van der Waals surface area contributed by atoms with Gasteiger partial charge in [0.1, 0.15) is 5.69 Å². The number of pyridine rings is 1. The lowest BCUT2D eigenvalue weighted by Gasteiger charge is -2.05. The van der Waals surface area contributed by atoms with E-state index in [2.05, 4.69) is 40.9 Å². The lowest BCUT2D eigenvalue weighted by Crippen LogP contribution is -1.96. The minimum atomic E-state index is 0.731. The highest BCUT2D eigenvalue weighted by molar-refractivity contribution is 5.48. The maximum absolute atomic E-state index is 4.56. The van der Waals surface area contributed by atoms with E-state index in [0.29, 0.717) is 0 Å². The zero-order valence-corrected chi connectivity index (χ0v) is 16.7. The average molecular weight is 354 g/mol. The molecule has 0 aromatic carbocycles. The largest absolute Gasteiger partial charge is 0.253 e. The van der Waals surface area contributed by atoms with E-state index in [4.69, 9.17) is 0 Å². The zero-order valence-electron chi connectivity index (χ0n) is 16.7. The van der Waals surface area contributed by atoms with Crippen LogP contribution in [0.25, 0.3) is 11.5 Å². The molecule has 142 valence electrons. The number of rotatable bonds is 13. The van der Waals surface area contributed by atoms with E-state index in [0.717, 1.165) is 24.4 Å². The molecule has 0 aliphatic heterocycles. The Balaban J connectivity index is 1.77. The minimum Gasteiger partial charge on any atom is -0.253 e. The molecule has 0 radical (unpaired) electrons. The smallest absolute Gasteiger partial charge is 0.178 e. The summed E-state index contributed by atoms with van der Waals surface area (Å²) in [5, 5.41) is 0. The van der Waals surface area contributed by atoms with Gasteiger partial charge in [-0.2, -0.15) is 0 Å². The number of aromatic nitrogens is 3. The Bertz CT molecular complexity index is 534. The van der Waals surface area contributed by atoms with Gasteiger partial charge >= 0.3 is 0 Å². The Morgan fingerprint density at radius 3 is 1.65 bits per heavy atom. The van der Waals surface area contributed by atoms with Crippen molar-refractivity contribution in [3.63, 3.8) is 0 Å². The molecule has 2 rings (SSSR count). The van der Waals surface area contributed by atoms with Crippen molar-refractivity contribution >= 4 is 0 Å². The molecule has 0 amide bonds. The van der Waals surface area contributed by atoms with Crippen LogP contribution in [0.3, 0.4) is 0 Å². The first kappa shape index (κ1) is 20.5. The molecule has 2 aromatic heterocycles. The second-order valence-corrected chi connectivity index (χ2v) is 7.30. The molecule has 2 heterocycles. The Morgan fingerprint density at radius 2 is 1.12 bits per heavy atom. The van der Waals surface area contributed by atoms with E-state index >= 15 is 0 Å². The van der Waals surface area contributed by atoms with Crippen LogP contribution < -0.4 is 0 Å². The highest BCUT2D eigenvalue weighted by atomic mass is 14.9. The lowest BCUT2D eigenvalue weighted by molar-refractivity contribution is 0.631. The summed E-state index contributed by atoms with van der Waals surface area (Å²) in [5.41, 5.74) is 3.41. The quantitative estimate of drug-likeness (QED) is 0.382. The van der Waals surface area contributed by atoms with Crippen LogP contribution in [-0.2, 0) is 12.8 Å². The number of hydrogen-bond donors (Lipinski definition) is 0. The SMILES string of the molecule is CCCCCCCc1ccc(-c2ncc(CCCCCCC)cn2)nc1. The normalized spacial score (nSPS) is 11.0. The van der Waals surface area contributed by atoms with E-state index in [1.54, 1.807) is 0 Å². The predicted octanol–water partition coefficient (Wildman–Crippen LogP) is 6.56. The van der Waals surface area contributed by atoms with Crippen molar-refractivity contribution in [2.45, 2.75) is 90.9 Å². The first-order valence-corrected chi connectivity index (χ1v) is 10.6. The van der Waals surface area contributed by atoms with Crippen molar-refractivity contribution in [1.29, 1.82) is 0 Å². The molecule has 0 N–H and O–H groups in total. The summed E-state index contributed by atoms with van der Waals surface area (Å²) in [5.74, 6) is 0.731. The van der Waals surface area contributed by atoms with Gasteiger partial charge in [-0.3, -0.25) is 4.98 Å². The molecule has 3 nitrogen and oxygen atoms in total. The third-order valence-corrected chi connectivity index (χ3v) is 4.90. The van der Waals surface area contributed by atoms with Gasteiger partial charge in [0.25, 0.3) is 0 Å². The van der Waals surface area contributed by atoms with Crippen LogP contribution in [0.1, 0.15) is 89.2 Å². The maximum atomic E-state index is 4.56. The summed E-state index contributed by atoms with van der Waals surface area (Å²) >= 11 is 0. The fourth-order valence-corrected chi connectivity index (χ4v) is 3.19. The van der Waals surface area contributed by atoms with Crippen LogP contribution in [0, 0.1) is 0 Å². The molecule has 0 unspecified atom stereocenters. The van der Waals surface area contributed by atoms with Crippen LogP contribution in [0.2, 0.25) is 0 Å². The Labute approximate surface area is 159 Å². The van der Waals surface area contributed by atoms with E-state index in [1.165, 1.54) is 75.3 Å². The van der Waals surface area contributed by atoms with Gasteiger partial charge in [-0.1, -0.05) is 71.3 Å². The van der Waals surface area contributed by atoms with E-state index in [1.807, 2.05) is 18.6 Å². The molecular weight excluding hydrogens is 318 g/mol. The second kappa shape index (κ2) is 12.6. The van der Waals surface area contributed by atoms with Crippen molar-refractivity contribution < 1.29 is 0 Å². The third kappa shape index (κ3) is 7.63. The molecule has 2 aromatic rings. The van der Waals surface area contributed by atoms with Crippen LogP contribution in [0.15, 0.2) is 30.7 Å². The van der Waals surface area contributed by atoms with Gasteiger partial charge in [0, 0.05) is 18.6 Å². The number of nitrogens with zero attached hydrogens (tertiary/aromatic N) is 3. The van der Waals surface area contributed by atoms with Gasteiger partial charge in [-0.25, -0.2) is 9.97 Å². The molecule has 26 heavy (non-hydrogen) atoms. The third-order valence-electron chi connectivity index (χ3n) is 4.90. The van der Waals surface area contributed by atoms with E-state index in [-0.39, 0.29) is 0 Å². The van der Waals surface area contributed by atoms with Gasteiger partial charge in [0.2, 0.25) is 0 Å². The van der Waals surface area contributed by atoms with Crippen LogP contribution in [0.4, 0.5) is 0 Å². The van der Waals surface area contributed by atoms with Gasteiger partial charge in [0.15, 0.2) is 5.82 Å².